The summed E-state index contributed by atoms with van der Waals surface area (Å²) in [6.45, 7) is 11.6. The van der Waals surface area contributed by atoms with Gasteiger partial charge in [-0.05, 0) is 38.0 Å². The minimum atomic E-state index is -0.461. The molecule has 0 saturated carbocycles. The second-order valence-corrected chi connectivity index (χ2v) is 6.57. The van der Waals surface area contributed by atoms with E-state index in [-0.39, 0.29) is 0 Å². The lowest BCUT2D eigenvalue weighted by Crippen LogP contribution is -2.15. The summed E-state index contributed by atoms with van der Waals surface area (Å²) in [5.41, 5.74) is 0. The lowest BCUT2D eigenvalue weighted by molar-refractivity contribution is 0.109. The average Bonchev–Trinajstić information content (AvgIpc) is 2.71. The summed E-state index contributed by atoms with van der Waals surface area (Å²) in [6.07, 6.45) is 4.11. The van der Waals surface area contributed by atoms with Crippen molar-refractivity contribution in [2.75, 3.05) is 18.1 Å². The first kappa shape index (κ1) is 17.1. The zero-order valence-electron chi connectivity index (χ0n) is 12.2. The molecule has 0 amide bonds. The van der Waals surface area contributed by atoms with Gasteiger partial charge >= 0.3 is 0 Å². The zero-order valence-corrected chi connectivity index (χ0v) is 13.0. The molecule has 0 aromatic carbocycles. The molecule has 2 atom stereocenters. The van der Waals surface area contributed by atoms with Crippen LogP contribution in [0, 0.1) is 11.8 Å². The molecule has 2 fully saturated rings. The van der Waals surface area contributed by atoms with Crippen LogP contribution in [0.15, 0.2) is 0 Å². The average molecular weight is 262 g/mol. The normalized spacial score (nSPS) is 36.3. The topological polar surface area (TPSA) is 26.3 Å². The van der Waals surface area contributed by atoms with Crippen LogP contribution in [0.1, 0.15) is 53.9 Å². The maximum Gasteiger partial charge on any atom is 0.0573 e. The van der Waals surface area contributed by atoms with Crippen molar-refractivity contribution in [3.63, 3.8) is 0 Å². The Labute approximate surface area is 110 Å². The molecule has 2 saturated heterocycles. The summed E-state index contributed by atoms with van der Waals surface area (Å²) in [5.74, 6) is 3.51. The van der Waals surface area contributed by atoms with Gasteiger partial charge in [0.25, 0.3) is 0 Å². The van der Waals surface area contributed by atoms with Crippen molar-refractivity contribution in [2.24, 2.45) is 11.8 Å². The second kappa shape index (κ2) is 10.1. The van der Waals surface area contributed by atoms with Crippen molar-refractivity contribution < 1.29 is 8.95 Å². The minimum Gasteiger partial charge on any atom is -0.378 e. The van der Waals surface area contributed by atoms with Crippen LogP contribution < -0.4 is 0 Å². The number of rotatable bonds is 0. The van der Waals surface area contributed by atoms with E-state index in [1.807, 2.05) is 13.8 Å². The van der Waals surface area contributed by atoms with E-state index < -0.39 is 10.8 Å². The fraction of sp³-hybridized carbons (Fsp3) is 1.00. The van der Waals surface area contributed by atoms with Crippen molar-refractivity contribution >= 4 is 10.8 Å². The molecule has 0 aromatic heterocycles. The molecule has 0 N–H and O–H groups in total. The van der Waals surface area contributed by atoms with Crippen molar-refractivity contribution in [3.8, 4) is 0 Å². The van der Waals surface area contributed by atoms with Gasteiger partial charge in [-0.15, -0.1) is 0 Å². The Balaban J connectivity index is 0.000000265. The molecule has 2 nitrogen and oxygen atoms in total. The summed E-state index contributed by atoms with van der Waals surface area (Å²) >= 11 is 0. The monoisotopic (exact) mass is 262 g/mol. The van der Waals surface area contributed by atoms with Crippen LogP contribution in [0.3, 0.4) is 0 Å². The molecule has 3 heteroatoms. The van der Waals surface area contributed by atoms with E-state index in [4.69, 9.17) is 4.74 Å². The molecule has 2 aliphatic heterocycles. The van der Waals surface area contributed by atoms with Gasteiger partial charge in [0.05, 0.1) is 6.10 Å². The lowest BCUT2D eigenvalue weighted by atomic mass is 10.1. The van der Waals surface area contributed by atoms with E-state index >= 15 is 0 Å². The summed E-state index contributed by atoms with van der Waals surface area (Å²) in [7, 11) is -0.461. The van der Waals surface area contributed by atoms with Gasteiger partial charge in [-0.2, -0.15) is 0 Å². The van der Waals surface area contributed by atoms with Crippen molar-refractivity contribution in [1.82, 2.24) is 0 Å². The van der Waals surface area contributed by atoms with Gasteiger partial charge in [0, 0.05) is 28.9 Å². The molecule has 2 rings (SSSR count). The summed E-state index contributed by atoms with van der Waals surface area (Å²) in [6, 6.07) is 0. The Morgan fingerprint density at radius 1 is 1.00 bits per heavy atom. The van der Waals surface area contributed by atoms with Crippen LogP contribution in [-0.4, -0.2) is 28.4 Å². The van der Waals surface area contributed by atoms with E-state index in [9.17, 15) is 4.21 Å². The van der Waals surface area contributed by atoms with Crippen LogP contribution in [0.5, 0.6) is 0 Å². The van der Waals surface area contributed by atoms with Crippen LogP contribution in [0.2, 0.25) is 0 Å². The van der Waals surface area contributed by atoms with Gasteiger partial charge in [-0.25, -0.2) is 0 Å². The molecule has 0 radical (unpaired) electrons. The fourth-order valence-electron chi connectivity index (χ4n) is 1.75. The molecule has 0 aliphatic carbocycles. The third-order valence-electron chi connectivity index (χ3n) is 3.43. The molecule has 17 heavy (non-hydrogen) atoms. The largest absolute Gasteiger partial charge is 0.378 e. The maximum absolute atomic E-state index is 10.7. The number of ether oxygens (including phenoxy) is 1. The highest BCUT2D eigenvalue weighted by Gasteiger charge is 2.18. The molecule has 0 aromatic rings. The molecule has 104 valence electrons. The quantitative estimate of drug-likeness (QED) is 0.666. The van der Waals surface area contributed by atoms with Gasteiger partial charge < -0.3 is 4.74 Å². The fourth-order valence-corrected chi connectivity index (χ4v) is 3.29. The van der Waals surface area contributed by atoms with Gasteiger partial charge in [0.2, 0.25) is 0 Å². The predicted molar refractivity (Wildman–Crippen MR) is 76.8 cm³/mol. The predicted octanol–water partition coefficient (Wildman–Crippen LogP) is 3.62. The lowest BCUT2D eigenvalue weighted by Gasteiger charge is -2.15. The molecule has 2 unspecified atom stereocenters. The second-order valence-electron chi connectivity index (χ2n) is 4.87. The summed E-state index contributed by atoms with van der Waals surface area (Å²) < 4.78 is 16.0. The molecule has 2 heterocycles. The standard InChI is InChI=1S/C6H12OS.C6H12O.C2H6/c1-6-2-4-8(7)5-3-6;1-5-3-4-7-6(5)2;1-2/h6H,2-5H2,1H3;5-6H,3-4H2,1-2H3;1-2H3. The Bertz CT molecular complexity index is 188. The molecule has 2 aliphatic rings. The van der Waals surface area contributed by atoms with E-state index in [0.29, 0.717) is 6.10 Å². The Morgan fingerprint density at radius 2 is 1.53 bits per heavy atom. The first-order valence-electron chi connectivity index (χ1n) is 7.06. The smallest absolute Gasteiger partial charge is 0.0573 e. The van der Waals surface area contributed by atoms with Crippen molar-refractivity contribution in [1.29, 1.82) is 0 Å². The Kier molecular flexibility index (Phi) is 10.1. The molecule has 0 spiro atoms. The van der Waals surface area contributed by atoms with E-state index in [2.05, 4.69) is 20.8 Å². The van der Waals surface area contributed by atoms with Gasteiger partial charge in [-0.1, -0.05) is 27.7 Å². The number of hydrogen-bond donors (Lipinski definition) is 0. The molecule has 0 bridgehead atoms. The van der Waals surface area contributed by atoms with Crippen LogP contribution >= 0.6 is 0 Å². The van der Waals surface area contributed by atoms with Crippen LogP contribution in [0.4, 0.5) is 0 Å². The first-order valence-corrected chi connectivity index (χ1v) is 8.55. The van der Waals surface area contributed by atoms with Crippen LogP contribution in [-0.2, 0) is 15.5 Å². The summed E-state index contributed by atoms with van der Waals surface area (Å²) in [4.78, 5) is 0. The van der Waals surface area contributed by atoms with Gasteiger partial charge in [0.15, 0.2) is 0 Å². The van der Waals surface area contributed by atoms with E-state index in [1.165, 1.54) is 19.3 Å². The van der Waals surface area contributed by atoms with E-state index in [0.717, 1.165) is 29.9 Å². The third-order valence-corrected chi connectivity index (χ3v) is 4.81. The Morgan fingerprint density at radius 3 is 1.76 bits per heavy atom. The van der Waals surface area contributed by atoms with Gasteiger partial charge in [0.1, 0.15) is 0 Å². The Hall–Kier alpha value is 0.110. The van der Waals surface area contributed by atoms with Crippen LogP contribution in [0.25, 0.3) is 0 Å². The van der Waals surface area contributed by atoms with E-state index in [1.54, 1.807) is 0 Å². The van der Waals surface area contributed by atoms with Crippen molar-refractivity contribution in [2.45, 2.75) is 60.0 Å². The third kappa shape index (κ3) is 7.93. The molecular formula is C14H30O2S. The SMILES string of the molecule is CC.CC1CCOC1C.CC1CCS(=O)CC1. The summed E-state index contributed by atoms with van der Waals surface area (Å²) in [5, 5.41) is 0. The minimum absolute atomic E-state index is 0.461. The number of hydrogen-bond acceptors (Lipinski definition) is 2. The van der Waals surface area contributed by atoms with Gasteiger partial charge in [-0.3, -0.25) is 4.21 Å². The highest BCUT2D eigenvalue weighted by atomic mass is 32.2. The highest BCUT2D eigenvalue weighted by Crippen LogP contribution is 2.18. The first-order chi connectivity index (χ1) is 8.09. The maximum atomic E-state index is 10.7. The highest BCUT2D eigenvalue weighted by molar-refractivity contribution is 7.85. The molecular weight excluding hydrogens is 232 g/mol. The van der Waals surface area contributed by atoms with Crippen molar-refractivity contribution in [3.05, 3.63) is 0 Å². The zero-order chi connectivity index (χ0) is 13.3.